The van der Waals surface area contributed by atoms with Crippen LogP contribution < -0.4 is 4.90 Å². The maximum absolute atomic E-state index is 7.15. The van der Waals surface area contributed by atoms with Crippen molar-refractivity contribution in [3.05, 3.63) is 90.4 Å². The normalized spacial score (nSPS) is 18.5. The maximum atomic E-state index is 7.15. The molecule has 0 aliphatic carbocycles. The van der Waals surface area contributed by atoms with E-state index in [1.165, 1.54) is 5.69 Å². The summed E-state index contributed by atoms with van der Waals surface area (Å²) in [6, 6.07) is 24.9. The van der Waals surface area contributed by atoms with Crippen LogP contribution in [-0.2, 0) is 4.74 Å². The van der Waals surface area contributed by atoms with E-state index in [2.05, 4.69) is 72.1 Å². The summed E-state index contributed by atoms with van der Waals surface area (Å²) in [5.74, 6) is 0. The standard InChI is InChI=1S/C28H25N3O/c1-19-17-31(18-20(2)32-19)26-13-9-21(10-14-26)24-15-23-5-4-6-27(28(23)30-16-24)22-7-11-25(29-3)12-8-22/h4-16,19-20H,17-18H2,1-2H3/t19-,20+. The first-order chi connectivity index (χ1) is 15.6. The van der Waals surface area contributed by atoms with Crippen molar-refractivity contribution in [2.45, 2.75) is 26.1 Å². The van der Waals surface area contributed by atoms with Gasteiger partial charge in [-0.3, -0.25) is 4.98 Å². The Hall–Kier alpha value is -3.68. The van der Waals surface area contributed by atoms with Gasteiger partial charge in [-0.1, -0.05) is 54.6 Å². The Morgan fingerprint density at radius 2 is 1.56 bits per heavy atom. The van der Waals surface area contributed by atoms with Crippen molar-refractivity contribution in [2.24, 2.45) is 0 Å². The van der Waals surface area contributed by atoms with E-state index in [-0.39, 0.29) is 12.2 Å². The minimum atomic E-state index is 0.245. The number of benzene rings is 3. The molecule has 0 saturated carbocycles. The Morgan fingerprint density at radius 3 is 2.25 bits per heavy atom. The maximum Gasteiger partial charge on any atom is 0.187 e. The summed E-state index contributed by atoms with van der Waals surface area (Å²) >= 11 is 0. The number of hydrogen-bond donors (Lipinski definition) is 0. The number of anilines is 1. The van der Waals surface area contributed by atoms with Crippen LogP contribution in [0.1, 0.15) is 13.8 Å². The largest absolute Gasteiger partial charge is 0.372 e. The van der Waals surface area contributed by atoms with Crippen LogP contribution in [0.5, 0.6) is 0 Å². The molecule has 32 heavy (non-hydrogen) atoms. The van der Waals surface area contributed by atoms with Gasteiger partial charge in [0.15, 0.2) is 5.69 Å². The van der Waals surface area contributed by atoms with Crippen LogP contribution in [0.2, 0.25) is 0 Å². The third kappa shape index (κ3) is 3.95. The van der Waals surface area contributed by atoms with Crippen molar-refractivity contribution in [1.29, 1.82) is 0 Å². The second kappa shape index (κ2) is 8.45. The van der Waals surface area contributed by atoms with Crippen LogP contribution in [0, 0.1) is 6.57 Å². The molecule has 0 unspecified atom stereocenters. The number of morpholine rings is 1. The van der Waals surface area contributed by atoms with Gasteiger partial charge in [-0.05, 0) is 43.2 Å². The fourth-order valence-electron chi connectivity index (χ4n) is 4.52. The van der Waals surface area contributed by atoms with Crippen LogP contribution in [0.15, 0.2) is 79.0 Å². The highest BCUT2D eigenvalue weighted by molar-refractivity contribution is 5.95. The molecular weight excluding hydrogens is 394 g/mol. The molecular formula is C28H25N3O. The molecule has 0 spiro atoms. The number of nitrogens with zero attached hydrogens (tertiary/aromatic N) is 3. The van der Waals surface area contributed by atoms with Crippen LogP contribution >= 0.6 is 0 Å². The van der Waals surface area contributed by atoms with E-state index in [9.17, 15) is 0 Å². The molecule has 158 valence electrons. The average Bonchev–Trinajstić information content (AvgIpc) is 2.83. The van der Waals surface area contributed by atoms with Crippen LogP contribution in [0.4, 0.5) is 11.4 Å². The molecule has 4 heteroatoms. The van der Waals surface area contributed by atoms with Gasteiger partial charge >= 0.3 is 0 Å². The molecule has 1 fully saturated rings. The van der Waals surface area contributed by atoms with E-state index in [0.29, 0.717) is 5.69 Å². The molecule has 5 rings (SSSR count). The van der Waals surface area contributed by atoms with E-state index < -0.39 is 0 Å². The Labute approximate surface area is 188 Å². The van der Waals surface area contributed by atoms with Crippen molar-refractivity contribution in [1.82, 2.24) is 4.98 Å². The zero-order valence-electron chi connectivity index (χ0n) is 18.3. The third-order valence-corrected chi connectivity index (χ3v) is 6.00. The highest BCUT2D eigenvalue weighted by Crippen LogP contribution is 2.32. The molecule has 1 aromatic heterocycles. The van der Waals surface area contributed by atoms with Gasteiger partial charge in [-0.2, -0.15) is 0 Å². The number of fused-ring (bicyclic) bond motifs is 1. The van der Waals surface area contributed by atoms with Crippen molar-refractivity contribution < 1.29 is 4.74 Å². The van der Waals surface area contributed by atoms with Gasteiger partial charge in [0.2, 0.25) is 0 Å². The molecule has 2 heterocycles. The number of ether oxygens (including phenoxy) is 1. The lowest BCUT2D eigenvalue weighted by molar-refractivity contribution is -0.00521. The number of pyridine rings is 1. The number of aromatic nitrogens is 1. The van der Waals surface area contributed by atoms with E-state index in [1.54, 1.807) is 0 Å². The smallest absolute Gasteiger partial charge is 0.187 e. The average molecular weight is 420 g/mol. The summed E-state index contributed by atoms with van der Waals surface area (Å²) in [6.45, 7) is 13.2. The molecule has 0 amide bonds. The highest BCUT2D eigenvalue weighted by Gasteiger charge is 2.22. The Balaban J connectivity index is 1.44. The third-order valence-electron chi connectivity index (χ3n) is 6.00. The molecule has 1 aliphatic heterocycles. The summed E-state index contributed by atoms with van der Waals surface area (Å²) in [6.07, 6.45) is 2.44. The van der Waals surface area contributed by atoms with Gasteiger partial charge in [0, 0.05) is 41.5 Å². The summed E-state index contributed by atoms with van der Waals surface area (Å²) in [5.41, 5.74) is 7.26. The minimum absolute atomic E-state index is 0.245. The molecule has 1 saturated heterocycles. The summed E-state index contributed by atoms with van der Waals surface area (Å²) in [4.78, 5) is 10.7. The van der Waals surface area contributed by atoms with Crippen molar-refractivity contribution in [3.8, 4) is 22.3 Å². The zero-order valence-corrected chi connectivity index (χ0v) is 18.3. The zero-order chi connectivity index (χ0) is 22.1. The first-order valence-electron chi connectivity index (χ1n) is 11.0. The van der Waals surface area contributed by atoms with E-state index in [0.717, 1.165) is 46.2 Å². The van der Waals surface area contributed by atoms with Gasteiger partial charge in [0.05, 0.1) is 24.3 Å². The lowest BCUT2D eigenvalue weighted by atomic mass is 9.99. The highest BCUT2D eigenvalue weighted by atomic mass is 16.5. The van der Waals surface area contributed by atoms with Gasteiger partial charge in [0.1, 0.15) is 0 Å². The lowest BCUT2D eigenvalue weighted by Gasteiger charge is -2.36. The molecule has 1 aliphatic rings. The fourth-order valence-corrected chi connectivity index (χ4v) is 4.52. The van der Waals surface area contributed by atoms with E-state index in [4.69, 9.17) is 16.3 Å². The Morgan fingerprint density at radius 1 is 0.875 bits per heavy atom. The van der Waals surface area contributed by atoms with E-state index in [1.807, 2.05) is 30.5 Å². The van der Waals surface area contributed by atoms with Crippen LogP contribution in [0.3, 0.4) is 0 Å². The van der Waals surface area contributed by atoms with Gasteiger partial charge in [0.25, 0.3) is 0 Å². The summed E-state index contributed by atoms with van der Waals surface area (Å²) in [5, 5.41) is 1.11. The van der Waals surface area contributed by atoms with E-state index >= 15 is 0 Å². The van der Waals surface area contributed by atoms with Gasteiger partial charge in [-0.25, -0.2) is 4.85 Å². The van der Waals surface area contributed by atoms with Gasteiger partial charge < -0.3 is 9.64 Å². The summed E-state index contributed by atoms with van der Waals surface area (Å²) in [7, 11) is 0. The molecule has 4 nitrogen and oxygen atoms in total. The molecule has 0 N–H and O–H groups in total. The minimum Gasteiger partial charge on any atom is -0.372 e. The first kappa shape index (κ1) is 20.2. The second-order valence-corrected chi connectivity index (χ2v) is 8.47. The second-order valence-electron chi connectivity index (χ2n) is 8.47. The van der Waals surface area contributed by atoms with Crippen molar-refractivity contribution >= 4 is 22.3 Å². The number of rotatable bonds is 3. The fraction of sp³-hybridized carbons (Fsp3) is 0.214. The van der Waals surface area contributed by atoms with Crippen LogP contribution in [-0.4, -0.2) is 30.3 Å². The monoisotopic (exact) mass is 419 g/mol. The molecule has 0 radical (unpaired) electrons. The Kier molecular flexibility index (Phi) is 5.34. The number of para-hydroxylation sites is 1. The summed E-state index contributed by atoms with van der Waals surface area (Å²) < 4.78 is 5.86. The molecule has 4 aromatic rings. The SMILES string of the molecule is [C-]#[N+]c1ccc(-c2cccc3cc(-c4ccc(N5C[C@@H](C)O[C@@H](C)C5)cc4)cnc23)cc1. The number of hydrogen-bond acceptors (Lipinski definition) is 3. The topological polar surface area (TPSA) is 29.7 Å². The van der Waals surface area contributed by atoms with Crippen molar-refractivity contribution in [3.63, 3.8) is 0 Å². The first-order valence-corrected chi connectivity index (χ1v) is 11.0. The van der Waals surface area contributed by atoms with Crippen LogP contribution in [0.25, 0.3) is 38.0 Å². The predicted octanol–water partition coefficient (Wildman–Crippen LogP) is 6.73. The predicted molar refractivity (Wildman–Crippen MR) is 131 cm³/mol. The molecule has 2 atom stereocenters. The molecule has 0 bridgehead atoms. The van der Waals surface area contributed by atoms with Crippen molar-refractivity contribution in [2.75, 3.05) is 18.0 Å². The lowest BCUT2D eigenvalue weighted by Crippen LogP contribution is -2.45. The van der Waals surface area contributed by atoms with Gasteiger partial charge in [-0.15, -0.1) is 0 Å². The molecule has 3 aromatic carbocycles. The Bertz CT molecular complexity index is 1280. The quantitative estimate of drug-likeness (QED) is 0.345.